The van der Waals surface area contributed by atoms with Gasteiger partial charge in [-0.1, -0.05) is 48.5 Å². The molecule has 0 aliphatic carbocycles. The number of hydrogen-bond acceptors (Lipinski definition) is 16. The third-order valence-corrected chi connectivity index (χ3v) is 20.6. The second kappa shape index (κ2) is 17.3. The first kappa shape index (κ1) is 51.1. The summed E-state index contributed by atoms with van der Waals surface area (Å²) in [5.74, 6) is -6.57. The zero-order chi connectivity index (χ0) is 56.2. The summed E-state index contributed by atoms with van der Waals surface area (Å²) in [6, 6.07) is 25.1. The molecule has 80 heavy (non-hydrogen) atoms. The Balaban J connectivity index is 0.000000151. The predicted molar refractivity (Wildman–Crippen MR) is 281 cm³/mol. The van der Waals surface area contributed by atoms with Gasteiger partial charge in [-0.25, -0.2) is 32.2 Å². The molecule has 10 heterocycles. The lowest BCUT2D eigenvalue weighted by atomic mass is 9.66. The molecule has 24 heteroatoms. The molecule has 2 aromatic heterocycles. The Kier molecular flexibility index (Phi) is 11.1. The molecule has 2 N–H and O–H groups in total. The van der Waals surface area contributed by atoms with Crippen molar-refractivity contribution in [3.05, 3.63) is 143 Å². The lowest BCUT2D eigenvalue weighted by Gasteiger charge is -2.34. The van der Waals surface area contributed by atoms with Crippen molar-refractivity contribution in [3.63, 3.8) is 0 Å². The van der Waals surface area contributed by atoms with Crippen molar-refractivity contribution >= 4 is 100 Å². The molecule has 0 spiro atoms. The summed E-state index contributed by atoms with van der Waals surface area (Å²) >= 11 is 0. The first-order valence-electron chi connectivity index (χ1n) is 25.4. The Morgan fingerprint density at radius 2 is 1.10 bits per heavy atom. The fraction of sp³-hybridized carbons (Fsp3) is 0.321. The van der Waals surface area contributed by atoms with Crippen LogP contribution in [-0.4, -0.2) is 125 Å². The maximum absolute atomic E-state index is 14.1. The number of aliphatic hydroxyl groups is 2. The molecule has 4 aromatic carbocycles. The number of fused-ring (bicyclic) bond motifs is 14. The van der Waals surface area contributed by atoms with Gasteiger partial charge in [-0.05, 0) is 68.8 Å². The fourth-order valence-electron chi connectivity index (χ4n) is 13.8. The van der Waals surface area contributed by atoms with Gasteiger partial charge >= 0.3 is 0 Å². The Morgan fingerprint density at radius 1 is 0.625 bits per heavy atom. The van der Waals surface area contributed by atoms with E-state index >= 15 is 0 Å². The number of pyridine rings is 2. The summed E-state index contributed by atoms with van der Waals surface area (Å²) in [5, 5.41) is 23.0. The molecule has 8 aliphatic rings. The van der Waals surface area contributed by atoms with Gasteiger partial charge in [-0.3, -0.25) is 33.9 Å². The standard InChI is InChI=1S/2C28H22N4O7S/c1-27-20(33)14-28(39-27,11-13-38-24-16-6-3-4-8-19(16)40(36,37)31-24)22-21(27)25(34)32(26(22)35)18-10-9-17(29-2)23-15(18)7-5-12-30-23;1-27-20(33)14-28(39-27,11-13-31-24(34)16-6-3-4-8-19(16)40(31,37)38)22-21(27)25(35)32(26(22)36)18-10-9-17(29-2)23-15(18)7-5-12-30-23/h2*3-10,12,20-22,33H,11,13-14H2,1H3/t2*20-,21-,22+,27?,28?/m11/s1. The van der Waals surface area contributed by atoms with E-state index in [0.717, 1.165) is 14.1 Å². The van der Waals surface area contributed by atoms with Crippen molar-refractivity contribution in [2.45, 2.75) is 83.9 Å². The van der Waals surface area contributed by atoms with Gasteiger partial charge in [0.2, 0.25) is 40.9 Å². The molecule has 14 rings (SSSR count). The summed E-state index contributed by atoms with van der Waals surface area (Å²) in [4.78, 5) is 86.6. The molecule has 6 saturated heterocycles. The molecular weight excluding hydrogens is 1070 g/mol. The van der Waals surface area contributed by atoms with Crippen molar-refractivity contribution in [2.75, 3.05) is 23.0 Å². The van der Waals surface area contributed by atoms with Gasteiger partial charge in [-0.15, -0.1) is 4.40 Å². The third kappa shape index (κ3) is 6.80. The minimum Gasteiger partial charge on any atom is -0.477 e. The Bertz CT molecular complexity index is 4200. The number of sulfonamides is 2. The Labute approximate surface area is 455 Å². The predicted octanol–water partition coefficient (Wildman–Crippen LogP) is 5.16. The van der Waals surface area contributed by atoms with Crippen molar-refractivity contribution in [1.82, 2.24) is 14.3 Å². The first-order chi connectivity index (χ1) is 38.2. The number of aliphatic hydroxyl groups excluding tert-OH is 2. The summed E-state index contributed by atoms with van der Waals surface area (Å²) in [7, 11) is -7.96. The molecule has 22 nitrogen and oxygen atoms in total. The topological polar surface area (TPSA) is 278 Å². The van der Waals surface area contributed by atoms with Crippen molar-refractivity contribution in [3.8, 4) is 0 Å². The number of rotatable bonds is 8. The van der Waals surface area contributed by atoms with Crippen LogP contribution in [0.1, 0.15) is 55.5 Å². The van der Waals surface area contributed by atoms with Crippen LogP contribution >= 0.6 is 0 Å². The van der Waals surface area contributed by atoms with Gasteiger partial charge in [0.15, 0.2) is 0 Å². The van der Waals surface area contributed by atoms with Gasteiger partial charge in [-0.2, -0.15) is 8.42 Å². The lowest BCUT2D eigenvalue weighted by molar-refractivity contribution is -0.135. The highest BCUT2D eigenvalue weighted by molar-refractivity contribution is 7.91. The monoisotopic (exact) mass is 1120 g/mol. The first-order valence-corrected chi connectivity index (χ1v) is 28.3. The minimum atomic E-state index is -4.10. The number of aromatic nitrogens is 2. The van der Waals surface area contributed by atoms with Crippen LogP contribution in [0.25, 0.3) is 31.5 Å². The van der Waals surface area contributed by atoms with E-state index in [1.807, 2.05) is 0 Å². The normalized spacial score (nSPS) is 31.4. The number of amides is 5. The molecule has 6 fully saturated rings. The molecule has 5 amide bonds. The summed E-state index contributed by atoms with van der Waals surface area (Å²) in [6.07, 6.45) is 1.14. The smallest absolute Gasteiger partial charge is 0.286 e. The largest absolute Gasteiger partial charge is 0.477 e. The lowest BCUT2D eigenvalue weighted by Crippen LogP contribution is -2.50. The number of imide groups is 2. The van der Waals surface area contributed by atoms with Crippen LogP contribution in [0, 0.1) is 36.8 Å². The van der Waals surface area contributed by atoms with Crippen molar-refractivity contribution < 1.29 is 65.2 Å². The van der Waals surface area contributed by atoms with E-state index in [4.69, 9.17) is 27.4 Å². The maximum atomic E-state index is 14.1. The highest BCUT2D eigenvalue weighted by Crippen LogP contribution is 2.64. The average Bonchev–Trinajstić information content (AvgIpc) is 3.87. The molecule has 8 aliphatic heterocycles. The Morgan fingerprint density at radius 3 is 1.61 bits per heavy atom. The quantitative estimate of drug-likeness (QED) is 0.147. The molecule has 4 unspecified atom stereocenters. The highest BCUT2D eigenvalue weighted by atomic mass is 32.2. The van der Waals surface area contributed by atoms with E-state index in [1.165, 1.54) is 48.7 Å². The van der Waals surface area contributed by atoms with E-state index in [-0.39, 0.29) is 71.5 Å². The second-order valence-electron chi connectivity index (χ2n) is 21.4. The zero-order valence-corrected chi connectivity index (χ0v) is 43.9. The van der Waals surface area contributed by atoms with E-state index in [2.05, 4.69) is 24.1 Å². The van der Waals surface area contributed by atoms with E-state index in [1.54, 1.807) is 74.6 Å². The second-order valence-corrected chi connectivity index (χ2v) is 24.8. The number of nitrogens with zero attached hydrogens (tertiary/aromatic N) is 8. The Hall–Kier alpha value is -8.36. The molecule has 10 atom stereocenters. The molecule has 0 saturated carbocycles. The van der Waals surface area contributed by atoms with Crippen molar-refractivity contribution in [1.29, 1.82) is 0 Å². The maximum Gasteiger partial charge on any atom is 0.286 e. The van der Waals surface area contributed by atoms with Crippen molar-refractivity contribution in [2.24, 2.45) is 28.1 Å². The van der Waals surface area contributed by atoms with Crippen LogP contribution in [0.15, 0.2) is 124 Å². The molecule has 0 radical (unpaired) electrons. The van der Waals surface area contributed by atoms with Crippen LogP contribution in [0.3, 0.4) is 0 Å². The summed E-state index contributed by atoms with van der Waals surface area (Å²) in [5.41, 5.74) is -2.91. The van der Waals surface area contributed by atoms with Crippen LogP contribution in [0.2, 0.25) is 0 Å². The average molecular weight is 1120 g/mol. The van der Waals surface area contributed by atoms with E-state index < -0.39 is 108 Å². The van der Waals surface area contributed by atoms with Gasteiger partial charge in [0.05, 0.1) is 100 Å². The molecule has 404 valence electrons. The number of hydrogen-bond donors (Lipinski definition) is 2. The number of carbonyl (C=O) groups is 5. The SMILES string of the molecule is [C-]#[N+]c1ccc(N2C(=O)[C@@H]3[C@H](C2=O)C2(C)OC3(CCN3C(=O)c4ccccc4S3(=O)=O)C[C@H]2O)c2cccnc12.[C-]#[N+]c1ccc(N2C(=O)[C@@H]3[C@H](C2=O)C2(C)OC3(CCOC3=NS(=O)(=O)c4ccccc43)C[C@H]2O)c2cccnc12. The molecular formula is C56H44N8O14S2. The van der Waals surface area contributed by atoms with E-state index in [9.17, 15) is 51.0 Å². The number of ether oxygens (including phenoxy) is 3. The minimum absolute atomic E-state index is 0.00547. The van der Waals surface area contributed by atoms with Crippen LogP contribution in [-0.2, 0) is 53.4 Å². The molecule has 6 aromatic rings. The third-order valence-electron chi connectivity index (χ3n) is 17.4. The fourth-order valence-corrected chi connectivity index (χ4v) is 16.5. The van der Waals surface area contributed by atoms with Crippen LogP contribution in [0.5, 0.6) is 0 Å². The van der Waals surface area contributed by atoms with Crippen LogP contribution in [0.4, 0.5) is 22.7 Å². The number of carbonyl (C=O) groups excluding carboxylic acids is 5. The van der Waals surface area contributed by atoms with Gasteiger partial charge < -0.3 is 24.4 Å². The highest BCUT2D eigenvalue weighted by Gasteiger charge is 2.78. The van der Waals surface area contributed by atoms with Gasteiger partial charge in [0.25, 0.3) is 26.0 Å². The molecule has 4 bridgehead atoms. The summed E-state index contributed by atoms with van der Waals surface area (Å²) < 4.78 is 74.1. The van der Waals surface area contributed by atoms with Gasteiger partial charge in [0.1, 0.15) is 21.0 Å². The number of anilines is 2. The zero-order valence-electron chi connectivity index (χ0n) is 42.3. The van der Waals surface area contributed by atoms with Gasteiger partial charge in [0, 0.05) is 49.0 Å². The van der Waals surface area contributed by atoms with Crippen LogP contribution < -0.4 is 9.80 Å². The van der Waals surface area contributed by atoms with E-state index in [0.29, 0.717) is 38.7 Å². The summed E-state index contributed by atoms with van der Waals surface area (Å²) in [6.45, 7) is 17.8. The number of benzene rings is 4.